The Morgan fingerprint density at radius 3 is 2.53 bits per heavy atom. The van der Waals surface area contributed by atoms with Gasteiger partial charge in [0.1, 0.15) is 5.82 Å². The molecule has 3 nitrogen and oxygen atoms in total. The second-order valence-electron chi connectivity index (χ2n) is 4.43. The number of aromatic amines is 1. The maximum Gasteiger partial charge on any atom is 0.151 e. The van der Waals surface area contributed by atoms with Gasteiger partial charge in [-0.05, 0) is 25.3 Å². The third kappa shape index (κ3) is 3.41. The molecule has 0 aliphatic carbocycles. The number of H-pyrrole nitrogens is 1. The fourth-order valence-corrected chi connectivity index (χ4v) is 1.81. The number of nitrogens with one attached hydrogen (secondary N) is 1. The summed E-state index contributed by atoms with van der Waals surface area (Å²) in [5.41, 5.74) is 2.65. The molecule has 1 N–H and O–H groups in total. The molecule has 0 radical (unpaired) electrons. The molecule has 0 spiro atoms. The SMILES string of the molecule is CCCc1nc(CCc2ccc(C)cc2)n[nH]1. The summed E-state index contributed by atoms with van der Waals surface area (Å²) in [4.78, 5) is 4.47. The van der Waals surface area contributed by atoms with E-state index in [-0.39, 0.29) is 0 Å². The summed E-state index contributed by atoms with van der Waals surface area (Å²) in [7, 11) is 0. The average Bonchev–Trinajstić information content (AvgIpc) is 2.77. The minimum atomic E-state index is 0.906. The lowest BCUT2D eigenvalue weighted by molar-refractivity contribution is 0.840. The molecule has 2 rings (SSSR count). The molecule has 3 heteroatoms. The van der Waals surface area contributed by atoms with Crippen LogP contribution in [-0.4, -0.2) is 15.2 Å². The van der Waals surface area contributed by atoms with Gasteiger partial charge < -0.3 is 0 Å². The normalized spacial score (nSPS) is 10.7. The van der Waals surface area contributed by atoms with Crippen LogP contribution >= 0.6 is 0 Å². The Balaban J connectivity index is 1.90. The molecule has 0 saturated heterocycles. The second-order valence-corrected chi connectivity index (χ2v) is 4.43. The zero-order valence-electron chi connectivity index (χ0n) is 10.5. The van der Waals surface area contributed by atoms with E-state index in [1.165, 1.54) is 11.1 Å². The summed E-state index contributed by atoms with van der Waals surface area (Å²) in [5.74, 6) is 1.93. The molecule has 0 atom stereocenters. The summed E-state index contributed by atoms with van der Waals surface area (Å²) in [5, 5.41) is 7.22. The van der Waals surface area contributed by atoms with Crippen LogP contribution in [0, 0.1) is 6.92 Å². The predicted molar refractivity (Wildman–Crippen MR) is 69.0 cm³/mol. The van der Waals surface area contributed by atoms with Crippen molar-refractivity contribution in [2.24, 2.45) is 0 Å². The number of hydrogen-bond donors (Lipinski definition) is 1. The molecule has 90 valence electrons. The predicted octanol–water partition coefficient (Wildman–Crippen LogP) is 2.85. The lowest BCUT2D eigenvalue weighted by Crippen LogP contribution is -1.94. The van der Waals surface area contributed by atoms with Crippen molar-refractivity contribution in [1.29, 1.82) is 0 Å². The molecule has 0 aliphatic rings. The third-order valence-corrected chi connectivity index (χ3v) is 2.82. The van der Waals surface area contributed by atoms with Gasteiger partial charge in [-0.25, -0.2) is 4.98 Å². The van der Waals surface area contributed by atoms with Gasteiger partial charge in [0.15, 0.2) is 5.82 Å². The number of rotatable bonds is 5. The van der Waals surface area contributed by atoms with Crippen LogP contribution in [0.5, 0.6) is 0 Å². The lowest BCUT2D eigenvalue weighted by Gasteiger charge is -1.99. The van der Waals surface area contributed by atoms with E-state index in [2.05, 4.69) is 53.3 Å². The number of aryl methyl sites for hydroxylation is 4. The van der Waals surface area contributed by atoms with E-state index in [4.69, 9.17) is 0 Å². The molecule has 0 amide bonds. The highest BCUT2D eigenvalue weighted by atomic mass is 15.2. The summed E-state index contributed by atoms with van der Waals surface area (Å²) >= 11 is 0. The van der Waals surface area contributed by atoms with E-state index in [1.54, 1.807) is 0 Å². The highest BCUT2D eigenvalue weighted by Gasteiger charge is 2.02. The van der Waals surface area contributed by atoms with Crippen LogP contribution in [-0.2, 0) is 19.3 Å². The van der Waals surface area contributed by atoms with E-state index < -0.39 is 0 Å². The van der Waals surface area contributed by atoms with Crippen LogP contribution in [0.4, 0.5) is 0 Å². The van der Waals surface area contributed by atoms with Gasteiger partial charge >= 0.3 is 0 Å². The first kappa shape index (κ1) is 11.8. The fraction of sp³-hybridized carbons (Fsp3) is 0.429. The molecule has 0 bridgehead atoms. The quantitative estimate of drug-likeness (QED) is 0.856. The van der Waals surface area contributed by atoms with Gasteiger partial charge in [-0.1, -0.05) is 36.8 Å². The molecule has 0 aliphatic heterocycles. The zero-order valence-corrected chi connectivity index (χ0v) is 10.5. The second kappa shape index (κ2) is 5.62. The Hall–Kier alpha value is -1.64. The summed E-state index contributed by atoms with van der Waals surface area (Å²) in [6.45, 7) is 4.25. The molecule has 0 fully saturated rings. The van der Waals surface area contributed by atoms with Crippen LogP contribution in [0.1, 0.15) is 36.1 Å². The smallest absolute Gasteiger partial charge is 0.151 e. The Kier molecular flexibility index (Phi) is 3.91. The van der Waals surface area contributed by atoms with Crippen LogP contribution in [0.3, 0.4) is 0 Å². The molecule has 0 saturated carbocycles. The Bertz CT molecular complexity index is 457. The molecule has 2 aromatic rings. The van der Waals surface area contributed by atoms with E-state index in [9.17, 15) is 0 Å². The largest absolute Gasteiger partial charge is 0.263 e. The summed E-state index contributed by atoms with van der Waals surface area (Å²) in [6, 6.07) is 8.65. The number of hydrogen-bond acceptors (Lipinski definition) is 2. The van der Waals surface area contributed by atoms with Crippen LogP contribution in [0.2, 0.25) is 0 Å². The zero-order chi connectivity index (χ0) is 12.1. The number of benzene rings is 1. The Morgan fingerprint density at radius 2 is 1.82 bits per heavy atom. The van der Waals surface area contributed by atoms with Crippen LogP contribution < -0.4 is 0 Å². The fourth-order valence-electron chi connectivity index (χ4n) is 1.81. The van der Waals surface area contributed by atoms with Crippen molar-refractivity contribution in [1.82, 2.24) is 15.2 Å². The molecule has 17 heavy (non-hydrogen) atoms. The molecule has 0 unspecified atom stereocenters. The Morgan fingerprint density at radius 1 is 1.06 bits per heavy atom. The lowest BCUT2D eigenvalue weighted by atomic mass is 10.1. The van der Waals surface area contributed by atoms with Gasteiger partial charge in [0.05, 0.1) is 0 Å². The highest BCUT2D eigenvalue weighted by Crippen LogP contribution is 2.06. The average molecular weight is 229 g/mol. The highest BCUT2D eigenvalue weighted by molar-refractivity contribution is 5.21. The van der Waals surface area contributed by atoms with Crippen molar-refractivity contribution in [2.45, 2.75) is 39.5 Å². The molecular formula is C14H19N3. The van der Waals surface area contributed by atoms with Gasteiger partial charge in [-0.15, -0.1) is 0 Å². The first-order chi connectivity index (χ1) is 8.28. The molecule has 1 heterocycles. The standard InChI is InChI=1S/C14H19N3/c1-3-4-13-15-14(17-16-13)10-9-12-7-5-11(2)6-8-12/h5-8H,3-4,9-10H2,1-2H3,(H,15,16,17). The maximum atomic E-state index is 4.47. The molecule has 1 aromatic carbocycles. The first-order valence-corrected chi connectivity index (χ1v) is 6.23. The molecular weight excluding hydrogens is 210 g/mol. The van der Waals surface area contributed by atoms with Gasteiger partial charge in [-0.3, -0.25) is 5.10 Å². The minimum absolute atomic E-state index is 0.906. The molecule has 1 aromatic heterocycles. The van der Waals surface area contributed by atoms with Gasteiger partial charge in [0.25, 0.3) is 0 Å². The Labute approximate surface area is 102 Å². The maximum absolute atomic E-state index is 4.47. The van der Waals surface area contributed by atoms with Crippen molar-refractivity contribution in [3.63, 3.8) is 0 Å². The van der Waals surface area contributed by atoms with Crippen molar-refractivity contribution in [2.75, 3.05) is 0 Å². The van der Waals surface area contributed by atoms with E-state index in [0.29, 0.717) is 0 Å². The van der Waals surface area contributed by atoms with Crippen molar-refractivity contribution < 1.29 is 0 Å². The van der Waals surface area contributed by atoms with Gasteiger partial charge in [-0.2, -0.15) is 5.10 Å². The topological polar surface area (TPSA) is 41.6 Å². The van der Waals surface area contributed by atoms with Crippen molar-refractivity contribution in [3.8, 4) is 0 Å². The number of aromatic nitrogens is 3. The van der Waals surface area contributed by atoms with Crippen LogP contribution in [0.15, 0.2) is 24.3 Å². The monoisotopic (exact) mass is 229 g/mol. The van der Waals surface area contributed by atoms with Gasteiger partial charge in [0.2, 0.25) is 0 Å². The minimum Gasteiger partial charge on any atom is -0.263 e. The summed E-state index contributed by atoms with van der Waals surface area (Å²) < 4.78 is 0. The first-order valence-electron chi connectivity index (χ1n) is 6.23. The van der Waals surface area contributed by atoms with E-state index >= 15 is 0 Å². The van der Waals surface area contributed by atoms with E-state index in [1.807, 2.05) is 0 Å². The van der Waals surface area contributed by atoms with Crippen molar-refractivity contribution >= 4 is 0 Å². The van der Waals surface area contributed by atoms with Gasteiger partial charge in [0, 0.05) is 12.8 Å². The summed E-state index contributed by atoms with van der Waals surface area (Å²) in [6.07, 6.45) is 4.00. The third-order valence-electron chi connectivity index (χ3n) is 2.82. The van der Waals surface area contributed by atoms with E-state index in [0.717, 1.165) is 37.3 Å². The van der Waals surface area contributed by atoms with Crippen molar-refractivity contribution in [3.05, 3.63) is 47.0 Å². The van der Waals surface area contributed by atoms with Crippen LogP contribution in [0.25, 0.3) is 0 Å². The number of nitrogens with zero attached hydrogens (tertiary/aromatic N) is 2.